The van der Waals surface area contributed by atoms with Crippen LogP contribution in [0.15, 0.2) is 16.6 Å². The Hall–Kier alpha value is -0.970. The topological polar surface area (TPSA) is 20.3 Å². The Kier molecular flexibility index (Phi) is 4.78. The number of amides is 1. The number of hydrogen-bond acceptors (Lipinski definition) is 1. The standard InChI is InChI=1S/C15H18BrF2NO/c1-9-3-5-11(6-4-9)19(2)15(20)14-12(17)7-10(16)8-13(14)18/h7-9,11H,3-6H2,1-2H3. The fraction of sp³-hybridized carbons (Fsp3) is 0.533. The van der Waals surface area contributed by atoms with Gasteiger partial charge >= 0.3 is 0 Å². The molecule has 1 aliphatic carbocycles. The van der Waals surface area contributed by atoms with Crippen LogP contribution in [0.2, 0.25) is 0 Å². The maximum absolute atomic E-state index is 13.8. The number of rotatable bonds is 2. The first-order valence-electron chi connectivity index (χ1n) is 6.82. The van der Waals surface area contributed by atoms with E-state index in [4.69, 9.17) is 0 Å². The summed E-state index contributed by atoms with van der Waals surface area (Å²) in [5.74, 6) is -1.56. The molecular weight excluding hydrogens is 328 g/mol. The van der Waals surface area contributed by atoms with Crippen molar-refractivity contribution in [2.45, 2.75) is 38.6 Å². The number of hydrogen-bond donors (Lipinski definition) is 0. The average molecular weight is 346 g/mol. The first kappa shape index (κ1) is 15.4. The second kappa shape index (κ2) is 6.20. The van der Waals surface area contributed by atoms with Crippen LogP contribution in [0.3, 0.4) is 0 Å². The Balaban J connectivity index is 2.19. The number of carbonyl (C=O) groups is 1. The fourth-order valence-corrected chi connectivity index (χ4v) is 3.12. The van der Waals surface area contributed by atoms with Crippen LogP contribution in [-0.2, 0) is 0 Å². The van der Waals surface area contributed by atoms with Gasteiger partial charge in [-0.05, 0) is 43.7 Å². The molecule has 1 aromatic carbocycles. The van der Waals surface area contributed by atoms with E-state index >= 15 is 0 Å². The lowest BCUT2D eigenvalue weighted by atomic mass is 9.86. The van der Waals surface area contributed by atoms with Gasteiger partial charge in [0.25, 0.3) is 5.91 Å². The Morgan fingerprint density at radius 1 is 1.20 bits per heavy atom. The van der Waals surface area contributed by atoms with Crippen molar-refractivity contribution in [2.75, 3.05) is 7.05 Å². The van der Waals surface area contributed by atoms with Crippen LogP contribution in [0.25, 0.3) is 0 Å². The van der Waals surface area contributed by atoms with Gasteiger partial charge in [0.15, 0.2) is 0 Å². The summed E-state index contributed by atoms with van der Waals surface area (Å²) in [7, 11) is 1.63. The lowest BCUT2D eigenvalue weighted by molar-refractivity contribution is 0.0669. The fourth-order valence-electron chi connectivity index (χ4n) is 2.72. The Labute approximate surface area is 126 Å². The molecule has 1 fully saturated rings. The molecule has 20 heavy (non-hydrogen) atoms. The van der Waals surface area contributed by atoms with E-state index in [-0.39, 0.29) is 10.5 Å². The van der Waals surface area contributed by atoms with Gasteiger partial charge in [0, 0.05) is 17.6 Å². The van der Waals surface area contributed by atoms with Crippen molar-refractivity contribution in [3.05, 3.63) is 33.8 Å². The Morgan fingerprint density at radius 3 is 2.20 bits per heavy atom. The van der Waals surface area contributed by atoms with E-state index < -0.39 is 23.1 Å². The molecule has 2 rings (SSSR count). The smallest absolute Gasteiger partial charge is 0.259 e. The van der Waals surface area contributed by atoms with Crippen molar-refractivity contribution < 1.29 is 13.6 Å². The average Bonchev–Trinajstić information content (AvgIpc) is 2.37. The molecule has 0 saturated heterocycles. The van der Waals surface area contributed by atoms with Crippen molar-refractivity contribution >= 4 is 21.8 Å². The molecule has 0 aromatic heterocycles. The van der Waals surface area contributed by atoms with Crippen LogP contribution < -0.4 is 0 Å². The maximum atomic E-state index is 13.8. The molecule has 0 N–H and O–H groups in total. The van der Waals surface area contributed by atoms with Crippen molar-refractivity contribution in [2.24, 2.45) is 5.92 Å². The second-order valence-corrected chi connectivity index (χ2v) is 6.49. The molecule has 0 heterocycles. The maximum Gasteiger partial charge on any atom is 0.259 e. The minimum Gasteiger partial charge on any atom is -0.339 e. The van der Waals surface area contributed by atoms with E-state index in [1.54, 1.807) is 7.05 Å². The summed E-state index contributed by atoms with van der Waals surface area (Å²) in [6.45, 7) is 2.19. The highest BCUT2D eigenvalue weighted by molar-refractivity contribution is 9.10. The van der Waals surface area contributed by atoms with E-state index in [9.17, 15) is 13.6 Å². The third-order valence-corrected chi connectivity index (χ3v) is 4.53. The van der Waals surface area contributed by atoms with E-state index in [0.29, 0.717) is 5.92 Å². The van der Waals surface area contributed by atoms with Crippen molar-refractivity contribution in [1.29, 1.82) is 0 Å². The summed E-state index contributed by atoms with van der Waals surface area (Å²) in [5.41, 5.74) is -0.464. The lowest BCUT2D eigenvalue weighted by Gasteiger charge is -2.33. The van der Waals surface area contributed by atoms with Gasteiger partial charge in [0.2, 0.25) is 0 Å². The predicted molar refractivity (Wildman–Crippen MR) is 77.6 cm³/mol. The first-order chi connectivity index (χ1) is 9.40. The number of nitrogens with zero attached hydrogens (tertiary/aromatic N) is 1. The largest absolute Gasteiger partial charge is 0.339 e. The second-order valence-electron chi connectivity index (χ2n) is 5.57. The number of carbonyl (C=O) groups excluding carboxylic acids is 1. The van der Waals surface area contributed by atoms with Gasteiger partial charge in [0.1, 0.15) is 17.2 Å². The molecular formula is C15H18BrF2NO. The van der Waals surface area contributed by atoms with E-state index in [2.05, 4.69) is 22.9 Å². The van der Waals surface area contributed by atoms with Gasteiger partial charge in [-0.1, -0.05) is 22.9 Å². The first-order valence-corrected chi connectivity index (χ1v) is 7.61. The third kappa shape index (κ3) is 3.19. The van der Waals surface area contributed by atoms with Gasteiger partial charge in [0.05, 0.1) is 0 Å². The highest BCUT2D eigenvalue weighted by Gasteiger charge is 2.28. The minimum atomic E-state index is -0.821. The number of halogens is 3. The molecule has 0 aliphatic heterocycles. The lowest BCUT2D eigenvalue weighted by Crippen LogP contribution is -2.40. The van der Waals surface area contributed by atoms with Gasteiger partial charge in [-0.3, -0.25) is 4.79 Å². The molecule has 110 valence electrons. The summed E-state index contributed by atoms with van der Waals surface area (Å²) in [4.78, 5) is 13.8. The molecule has 0 unspecified atom stereocenters. The third-order valence-electron chi connectivity index (χ3n) is 4.07. The van der Waals surface area contributed by atoms with Crippen LogP contribution in [0.4, 0.5) is 8.78 Å². The zero-order chi connectivity index (χ0) is 14.9. The van der Waals surface area contributed by atoms with E-state index in [1.165, 1.54) is 4.90 Å². The molecule has 0 radical (unpaired) electrons. The normalized spacial score (nSPS) is 22.6. The van der Waals surface area contributed by atoms with Gasteiger partial charge < -0.3 is 4.90 Å². The Morgan fingerprint density at radius 2 is 1.70 bits per heavy atom. The number of benzene rings is 1. The van der Waals surface area contributed by atoms with Crippen LogP contribution in [0.5, 0.6) is 0 Å². The van der Waals surface area contributed by atoms with Gasteiger partial charge in [-0.2, -0.15) is 0 Å². The molecule has 2 nitrogen and oxygen atoms in total. The van der Waals surface area contributed by atoms with Gasteiger partial charge in [-0.25, -0.2) is 8.78 Å². The predicted octanol–water partition coefficient (Wildman–Crippen LogP) is 4.38. The summed E-state index contributed by atoms with van der Waals surface area (Å²) in [5, 5.41) is 0. The highest BCUT2D eigenvalue weighted by atomic mass is 79.9. The molecule has 5 heteroatoms. The monoisotopic (exact) mass is 345 g/mol. The molecule has 1 aromatic rings. The molecule has 0 spiro atoms. The van der Waals surface area contributed by atoms with Crippen LogP contribution in [0.1, 0.15) is 43.0 Å². The summed E-state index contributed by atoms with van der Waals surface area (Å²) in [6.07, 6.45) is 3.88. The SMILES string of the molecule is CC1CCC(N(C)C(=O)c2c(F)cc(Br)cc2F)CC1. The zero-order valence-corrected chi connectivity index (χ0v) is 13.2. The van der Waals surface area contributed by atoms with Crippen molar-refractivity contribution in [1.82, 2.24) is 4.90 Å². The minimum absolute atomic E-state index is 0.0705. The molecule has 0 atom stereocenters. The van der Waals surface area contributed by atoms with Crippen LogP contribution >= 0.6 is 15.9 Å². The van der Waals surface area contributed by atoms with Gasteiger partial charge in [-0.15, -0.1) is 0 Å². The van der Waals surface area contributed by atoms with Crippen molar-refractivity contribution in [3.63, 3.8) is 0 Å². The molecule has 1 aliphatic rings. The van der Waals surface area contributed by atoms with Crippen LogP contribution in [0, 0.1) is 17.6 Å². The molecule has 1 saturated carbocycles. The summed E-state index contributed by atoms with van der Waals surface area (Å²) >= 11 is 3.01. The quantitative estimate of drug-likeness (QED) is 0.778. The molecule has 0 bridgehead atoms. The zero-order valence-electron chi connectivity index (χ0n) is 11.6. The highest BCUT2D eigenvalue weighted by Crippen LogP contribution is 2.28. The summed E-state index contributed by atoms with van der Waals surface area (Å²) < 4.78 is 28.0. The van der Waals surface area contributed by atoms with Crippen molar-refractivity contribution in [3.8, 4) is 0 Å². The van der Waals surface area contributed by atoms with Crippen LogP contribution in [-0.4, -0.2) is 23.9 Å². The van der Waals surface area contributed by atoms with E-state index in [0.717, 1.165) is 37.8 Å². The van der Waals surface area contributed by atoms with E-state index in [1.807, 2.05) is 0 Å². The molecule has 1 amide bonds. The Bertz CT molecular complexity index is 490. The summed E-state index contributed by atoms with van der Waals surface area (Å²) in [6, 6.07) is 2.31.